The van der Waals surface area contributed by atoms with Gasteiger partial charge in [-0.15, -0.1) is 0 Å². The molecule has 0 amide bonds. The highest BCUT2D eigenvalue weighted by Gasteiger charge is 2.34. The molecule has 2 aromatic rings. The predicted octanol–water partition coefficient (Wildman–Crippen LogP) is 0.627. The van der Waals surface area contributed by atoms with E-state index in [0.717, 1.165) is 36.3 Å². The first-order valence-electron chi connectivity index (χ1n) is 8.73. The van der Waals surface area contributed by atoms with Gasteiger partial charge in [-0.3, -0.25) is 23.6 Å². The van der Waals surface area contributed by atoms with E-state index in [-0.39, 0.29) is 16.8 Å². The van der Waals surface area contributed by atoms with Gasteiger partial charge < -0.3 is 4.57 Å². The summed E-state index contributed by atoms with van der Waals surface area (Å²) in [6, 6.07) is 5.49. The number of fused-ring (bicyclic) bond motifs is 4. The minimum Gasteiger partial charge on any atom is -0.312 e. The van der Waals surface area contributed by atoms with Gasteiger partial charge in [-0.25, -0.2) is 4.79 Å². The molecule has 2 bridgehead atoms. The SMILES string of the molecule is Cn1c(CN2C[C@@H]3C[C@@H](C2)c2cccc(=O)n2C3)c(Br)c(=O)n(C)c1=O. The fraction of sp³-hybridized carbons (Fsp3) is 0.500. The van der Waals surface area contributed by atoms with Gasteiger partial charge in [0.25, 0.3) is 11.1 Å². The Kier molecular flexibility index (Phi) is 4.27. The lowest BCUT2D eigenvalue weighted by molar-refractivity contribution is 0.111. The van der Waals surface area contributed by atoms with Crippen molar-refractivity contribution in [3.05, 3.63) is 65.3 Å². The van der Waals surface area contributed by atoms with Crippen LogP contribution in [0.5, 0.6) is 0 Å². The third-order valence-corrected chi connectivity index (χ3v) is 6.45. The first kappa shape index (κ1) is 17.5. The van der Waals surface area contributed by atoms with Crippen molar-refractivity contribution in [1.29, 1.82) is 0 Å². The first-order valence-corrected chi connectivity index (χ1v) is 9.52. The monoisotopic (exact) mass is 420 g/mol. The van der Waals surface area contributed by atoms with Gasteiger partial charge >= 0.3 is 5.69 Å². The molecule has 0 N–H and O–H groups in total. The molecule has 138 valence electrons. The molecule has 1 fully saturated rings. The molecule has 0 saturated carbocycles. The lowest BCUT2D eigenvalue weighted by Gasteiger charge is -2.43. The maximum absolute atomic E-state index is 12.2. The van der Waals surface area contributed by atoms with Crippen molar-refractivity contribution < 1.29 is 0 Å². The number of likely N-dealkylation sites (tertiary alicyclic amines) is 1. The van der Waals surface area contributed by atoms with Gasteiger partial charge in [-0.1, -0.05) is 6.07 Å². The Morgan fingerprint density at radius 3 is 2.62 bits per heavy atom. The Bertz CT molecular complexity index is 1010. The van der Waals surface area contributed by atoms with E-state index in [1.54, 1.807) is 13.1 Å². The van der Waals surface area contributed by atoms with Crippen LogP contribution in [0.15, 0.2) is 37.1 Å². The number of piperidine rings is 1. The molecule has 0 unspecified atom stereocenters. The molecule has 4 heterocycles. The van der Waals surface area contributed by atoms with E-state index >= 15 is 0 Å². The molecule has 7 nitrogen and oxygen atoms in total. The van der Waals surface area contributed by atoms with Crippen molar-refractivity contribution in [2.75, 3.05) is 13.1 Å². The van der Waals surface area contributed by atoms with E-state index in [0.29, 0.717) is 28.5 Å². The normalized spacial score (nSPS) is 22.3. The average molecular weight is 421 g/mol. The van der Waals surface area contributed by atoms with E-state index in [4.69, 9.17) is 0 Å². The minimum absolute atomic E-state index is 0.0716. The van der Waals surface area contributed by atoms with Crippen LogP contribution in [0.4, 0.5) is 0 Å². The van der Waals surface area contributed by atoms with E-state index in [1.807, 2.05) is 16.7 Å². The lowest BCUT2D eigenvalue weighted by atomic mass is 9.83. The Morgan fingerprint density at radius 2 is 1.85 bits per heavy atom. The largest absolute Gasteiger partial charge is 0.330 e. The Balaban J connectivity index is 1.66. The molecule has 2 aliphatic rings. The van der Waals surface area contributed by atoms with Crippen LogP contribution in [-0.4, -0.2) is 31.7 Å². The zero-order chi connectivity index (χ0) is 18.6. The summed E-state index contributed by atoms with van der Waals surface area (Å²) in [4.78, 5) is 38.9. The van der Waals surface area contributed by atoms with E-state index in [2.05, 4.69) is 20.8 Å². The summed E-state index contributed by atoms with van der Waals surface area (Å²) < 4.78 is 4.99. The second-order valence-corrected chi connectivity index (χ2v) is 8.15. The van der Waals surface area contributed by atoms with Crippen LogP contribution in [0.25, 0.3) is 0 Å². The maximum atomic E-state index is 12.2. The van der Waals surface area contributed by atoms with Gasteiger partial charge in [0.2, 0.25) is 0 Å². The summed E-state index contributed by atoms with van der Waals surface area (Å²) in [5, 5.41) is 0. The quantitative estimate of drug-likeness (QED) is 0.714. The topological polar surface area (TPSA) is 69.2 Å². The molecular formula is C18H21BrN4O3. The molecule has 26 heavy (non-hydrogen) atoms. The molecule has 0 aliphatic carbocycles. The summed E-state index contributed by atoms with van der Waals surface area (Å²) >= 11 is 3.37. The molecule has 1 saturated heterocycles. The fourth-order valence-corrected chi connectivity index (χ4v) is 5.01. The second kappa shape index (κ2) is 6.35. The highest BCUT2D eigenvalue weighted by molar-refractivity contribution is 9.10. The predicted molar refractivity (Wildman–Crippen MR) is 101 cm³/mol. The van der Waals surface area contributed by atoms with Crippen molar-refractivity contribution in [2.45, 2.75) is 25.4 Å². The van der Waals surface area contributed by atoms with Crippen LogP contribution >= 0.6 is 15.9 Å². The second-order valence-electron chi connectivity index (χ2n) is 7.36. The maximum Gasteiger partial charge on any atom is 0.330 e. The van der Waals surface area contributed by atoms with Crippen LogP contribution in [0.3, 0.4) is 0 Å². The Labute approximate surface area is 158 Å². The van der Waals surface area contributed by atoms with Crippen LogP contribution in [0, 0.1) is 5.92 Å². The number of hydrogen-bond acceptors (Lipinski definition) is 4. The highest BCUT2D eigenvalue weighted by Crippen LogP contribution is 2.35. The first-order chi connectivity index (χ1) is 12.4. The molecular weight excluding hydrogens is 400 g/mol. The zero-order valence-corrected chi connectivity index (χ0v) is 16.4. The standard InChI is InChI=1S/C18H21BrN4O3/c1-20-14(16(19)17(25)21(2)18(20)26)10-22-7-11-6-12(9-22)13-4-3-5-15(24)23(13)8-11/h3-5,11-12H,6-10H2,1-2H3/t11-,12-/m0/s1. The summed E-state index contributed by atoms with van der Waals surface area (Å²) in [5.74, 6) is 0.711. The van der Waals surface area contributed by atoms with Crippen molar-refractivity contribution in [1.82, 2.24) is 18.6 Å². The number of pyridine rings is 1. The van der Waals surface area contributed by atoms with Crippen LogP contribution in [0.2, 0.25) is 0 Å². The molecule has 2 aromatic heterocycles. The number of aromatic nitrogens is 3. The van der Waals surface area contributed by atoms with E-state index in [9.17, 15) is 14.4 Å². The number of rotatable bonds is 2. The lowest BCUT2D eigenvalue weighted by Crippen LogP contribution is -2.48. The van der Waals surface area contributed by atoms with Crippen molar-refractivity contribution in [3.8, 4) is 0 Å². The van der Waals surface area contributed by atoms with Gasteiger partial charge in [-0.05, 0) is 34.3 Å². The van der Waals surface area contributed by atoms with Gasteiger partial charge in [0, 0.05) is 58.0 Å². The van der Waals surface area contributed by atoms with Gasteiger partial charge in [0.15, 0.2) is 0 Å². The molecule has 0 aromatic carbocycles. The smallest absolute Gasteiger partial charge is 0.312 e. The molecule has 0 spiro atoms. The fourth-order valence-electron chi connectivity index (χ4n) is 4.36. The number of nitrogens with zero attached hydrogens (tertiary/aromatic N) is 4. The van der Waals surface area contributed by atoms with Crippen molar-refractivity contribution >= 4 is 15.9 Å². The summed E-state index contributed by atoms with van der Waals surface area (Å²) in [6.45, 7) is 2.94. The highest BCUT2D eigenvalue weighted by atomic mass is 79.9. The van der Waals surface area contributed by atoms with E-state index < -0.39 is 0 Å². The molecule has 8 heteroatoms. The summed E-state index contributed by atoms with van der Waals surface area (Å²) in [6.07, 6.45) is 1.08. The summed E-state index contributed by atoms with van der Waals surface area (Å²) in [7, 11) is 3.18. The van der Waals surface area contributed by atoms with Crippen LogP contribution in [-0.2, 0) is 27.2 Å². The van der Waals surface area contributed by atoms with Crippen LogP contribution in [0.1, 0.15) is 23.7 Å². The summed E-state index contributed by atoms with van der Waals surface area (Å²) in [5.41, 5.74) is 1.24. The van der Waals surface area contributed by atoms with Crippen molar-refractivity contribution in [2.24, 2.45) is 20.0 Å². The zero-order valence-electron chi connectivity index (χ0n) is 14.8. The van der Waals surface area contributed by atoms with Gasteiger partial charge in [-0.2, -0.15) is 0 Å². The Morgan fingerprint density at radius 1 is 1.08 bits per heavy atom. The number of hydrogen-bond donors (Lipinski definition) is 0. The third kappa shape index (κ3) is 2.72. The van der Waals surface area contributed by atoms with Crippen molar-refractivity contribution in [3.63, 3.8) is 0 Å². The van der Waals surface area contributed by atoms with Gasteiger partial charge in [0.1, 0.15) is 4.47 Å². The van der Waals surface area contributed by atoms with Gasteiger partial charge in [0.05, 0.1) is 5.69 Å². The number of halogens is 1. The molecule has 0 radical (unpaired) electrons. The molecule has 2 atom stereocenters. The van der Waals surface area contributed by atoms with Crippen LogP contribution < -0.4 is 16.8 Å². The average Bonchev–Trinajstić information content (AvgIpc) is 2.63. The third-order valence-electron chi connectivity index (χ3n) is 5.65. The Hall–Kier alpha value is -1.93. The van der Waals surface area contributed by atoms with E-state index in [1.165, 1.54) is 11.6 Å². The molecule has 2 aliphatic heterocycles. The minimum atomic E-state index is -0.317. The molecule has 4 rings (SSSR count).